The highest BCUT2D eigenvalue weighted by Gasteiger charge is 2.21. The zero-order valence-electron chi connectivity index (χ0n) is 12.5. The van der Waals surface area contributed by atoms with E-state index in [2.05, 4.69) is 23.2 Å². The molecule has 0 aromatic heterocycles. The van der Waals surface area contributed by atoms with Gasteiger partial charge in [-0.3, -0.25) is 4.79 Å². The molecule has 118 valence electrons. The Balaban J connectivity index is 1.69. The second-order valence-electron chi connectivity index (χ2n) is 5.67. The number of carbonyl (C=O) groups excluding carboxylic acids is 1. The molecule has 23 heavy (non-hydrogen) atoms. The smallest absolute Gasteiger partial charge is 0.248 e. The Labute approximate surface area is 145 Å². The predicted octanol–water partition coefficient (Wildman–Crippen LogP) is 3.87. The highest BCUT2D eigenvalue weighted by Crippen LogP contribution is 2.29. The maximum atomic E-state index is 12.0. The van der Waals surface area contributed by atoms with Crippen molar-refractivity contribution in [3.8, 4) is 0 Å². The Kier molecular flexibility index (Phi) is 4.71. The van der Waals surface area contributed by atoms with Crippen LogP contribution in [0.25, 0.3) is 6.08 Å². The van der Waals surface area contributed by atoms with E-state index < -0.39 is 0 Å². The molecule has 3 nitrogen and oxygen atoms in total. The fourth-order valence-electron chi connectivity index (χ4n) is 2.81. The molecule has 2 aromatic carbocycles. The summed E-state index contributed by atoms with van der Waals surface area (Å²) in [5.74, 6) is -0.223. The Morgan fingerprint density at radius 3 is 2.65 bits per heavy atom. The average Bonchev–Trinajstić information content (AvgIpc) is 2.85. The molecule has 1 amide bonds. The molecule has 1 aliphatic rings. The van der Waals surface area contributed by atoms with Crippen LogP contribution >= 0.6 is 23.2 Å². The number of carbonyl (C=O) groups is 1. The van der Waals surface area contributed by atoms with Crippen LogP contribution < -0.4 is 11.1 Å². The van der Waals surface area contributed by atoms with Crippen molar-refractivity contribution in [2.75, 3.05) is 5.32 Å². The van der Waals surface area contributed by atoms with Crippen LogP contribution in [-0.2, 0) is 11.2 Å². The summed E-state index contributed by atoms with van der Waals surface area (Å²) < 4.78 is 0. The summed E-state index contributed by atoms with van der Waals surface area (Å²) in [6.07, 6.45) is 5.46. The molecule has 0 spiro atoms. The SMILES string of the molecule is [NH3+]C1CCc2cc(/C=C/C(=O)Nc3cc(Cl)cc(Cl)c3)ccc21. The van der Waals surface area contributed by atoms with Gasteiger partial charge in [-0.15, -0.1) is 0 Å². The molecule has 0 fully saturated rings. The predicted molar refractivity (Wildman–Crippen MR) is 94.5 cm³/mol. The molecule has 0 saturated heterocycles. The summed E-state index contributed by atoms with van der Waals surface area (Å²) >= 11 is 11.8. The lowest BCUT2D eigenvalue weighted by Crippen LogP contribution is -2.52. The molecule has 0 heterocycles. The van der Waals surface area contributed by atoms with E-state index in [1.165, 1.54) is 17.2 Å². The highest BCUT2D eigenvalue weighted by atomic mass is 35.5. The van der Waals surface area contributed by atoms with Crippen LogP contribution in [0.15, 0.2) is 42.5 Å². The highest BCUT2D eigenvalue weighted by molar-refractivity contribution is 6.35. The lowest BCUT2D eigenvalue weighted by molar-refractivity contribution is -0.425. The maximum Gasteiger partial charge on any atom is 0.248 e. The molecule has 3 rings (SSSR count). The van der Waals surface area contributed by atoms with Gasteiger partial charge in [0, 0.05) is 33.8 Å². The van der Waals surface area contributed by atoms with E-state index >= 15 is 0 Å². The standard InChI is InChI=1S/C18H16Cl2N2O/c19-13-8-14(20)10-15(9-13)22-18(23)6-2-11-1-4-16-12(7-11)3-5-17(16)21/h1-2,4,6-10,17H,3,5,21H2,(H,22,23)/p+1/b6-2+. The fourth-order valence-corrected chi connectivity index (χ4v) is 3.34. The third kappa shape index (κ3) is 3.94. The van der Waals surface area contributed by atoms with Gasteiger partial charge in [0.1, 0.15) is 6.04 Å². The largest absolute Gasteiger partial charge is 0.351 e. The van der Waals surface area contributed by atoms with E-state index in [1.807, 2.05) is 6.07 Å². The molecule has 0 radical (unpaired) electrons. The number of aryl methyl sites for hydroxylation is 1. The Morgan fingerprint density at radius 2 is 1.91 bits per heavy atom. The first-order chi connectivity index (χ1) is 11.0. The quantitative estimate of drug-likeness (QED) is 0.813. The van der Waals surface area contributed by atoms with Gasteiger partial charge < -0.3 is 11.1 Å². The minimum atomic E-state index is -0.223. The van der Waals surface area contributed by atoms with E-state index in [-0.39, 0.29) is 5.91 Å². The van der Waals surface area contributed by atoms with Gasteiger partial charge in [0.05, 0.1) is 0 Å². The van der Waals surface area contributed by atoms with Crippen LogP contribution in [0.1, 0.15) is 29.2 Å². The van der Waals surface area contributed by atoms with Gasteiger partial charge in [-0.1, -0.05) is 41.4 Å². The molecule has 1 aliphatic carbocycles. The minimum absolute atomic E-state index is 0.223. The van der Waals surface area contributed by atoms with E-state index in [4.69, 9.17) is 23.2 Å². The second kappa shape index (κ2) is 6.75. The first-order valence-corrected chi connectivity index (χ1v) is 8.18. The van der Waals surface area contributed by atoms with Gasteiger partial charge >= 0.3 is 0 Å². The first-order valence-electron chi connectivity index (χ1n) is 7.42. The Morgan fingerprint density at radius 1 is 1.17 bits per heavy atom. The number of hydrogen-bond acceptors (Lipinski definition) is 1. The topological polar surface area (TPSA) is 56.7 Å². The van der Waals surface area contributed by atoms with Crippen molar-refractivity contribution in [2.24, 2.45) is 0 Å². The van der Waals surface area contributed by atoms with Gasteiger partial charge in [0.15, 0.2) is 0 Å². The molecule has 1 unspecified atom stereocenters. The van der Waals surface area contributed by atoms with Crippen LogP contribution in [0.4, 0.5) is 5.69 Å². The lowest BCUT2D eigenvalue weighted by Gasteiger charge is -2.04. The summed E-state index contributed by atoms with van der Waals surface area (Å²) in [4.78, 5) is 12.0. The van der Waals surface area contributed by atoms with Gasteiger partial charge in [0.25, 0.3) is 0 Å². The summed E-state index contributed by atoms with van der Waals surface area (Å²) in [6, 6.07) is 11.6. The van der Waals surface area contributed by atoms with Gasteiger partial charge in [-0.25, -0.2) is 0 Å². The van der Waals surface area contributed by atoms with Crippen LogP contribution in [0, 0.1) is 0 Å². The number of amides is 1. The Bertz CT molecular complexity index is 766. The summed E-state index contributed by atoms with van der Waals surface area (Å²) in [5.41, 5.74) is 8.37. The summed E-state index contributed by atoms with van der Waals surface area (Å²) in [5, 5.41) is 3.72. The summed E-state index contributed by atoms with van der Waals surface area (Å²) in [6.45, 7) is 0. The molecule has 0 bridgehead atoms. The number of hydrogen-bond donors (Lipinski definition) is 2. The monoisotopic (exact) mass is 347 g/mol. The van der Waals surface area contributed by atoms with Gasteiger partial charge in [0.2, 0.25) is 5.91 Å². The van der Waals surface area contributed by atoms with Crippen molar-refractivity contribution in [3.05, 3.63) is 69.2 Å². The zero-order chi connectivity index (χ0) is 16.4. The molecule has 1 atom stereocenters. The van der Waals surface area contributed by atoms with Crippen LogP contribution in [0.5, 0.6) is 0 Å². The number of rotatable bonds is 3. The number of quaternary nitrogens is 1. The van der Waals surface area contributed by atoms with Crippen LogP contribution in [-0.4, -0.2) is 5.91 Å². The van der Waals surface area contributed by atoms with E-state index in [1.54, 1.807) is 24.3 Å². The van der Waals surface area contributed by atoms with Gasteiger partial charge in [-0.2, -0.15) is 0 Å². The zero-order valence-corrected chi connectivity index (χ0v) is 14.0. The van der Waals surface area contributed by atoms with Crippen LogP contribution in [0.3, 0.4) is 0 Å². The van der Waals surface area contributed by atoms with Crippen molar-refractivity contribution in [2.45, 2.75) is 18.9 Å². The average molecular weight is 348 g/mol. The van der Waals surface area contributed by atoms with E-state index in [0.717, 1.165) is 18.4 Å². The van der Waals surface area contributed by atoms with E-state index in [9.17, 15) is 4.79 Å². The minimum Gasteiger partial charge on any atom is -0.351 e. The normalized spacial score (nSPS) is 16.6. The number of benzene rings is 2. The molecule has 4 N–H and O–H groups in total. The van der Waals surface area contributed by atoms with Crippen molar-refractivity contribution in [1.82, 2.24) is 0 Å². The molecule has 0 aliphatic heterocycles. The molecule has 0 saturated carbocycles. The maximum absolute atomic E-state index is 12.0. The molecule has 5 heteroatoms. The van der Waals surface area contributed by atoms with Crippen molar-refractivity contribution in [1.29, 1.82) is 0 Å². The lowest BCUT2D eigenvalue weighted by atomic mass is 10.0. The Hall–Kier alpha value is -1.81. The molecule has 2 aromatic rings. The van der Waals surface area contributed by atoms with Gasteiger partial charge in [-0.05, 0) is 41.8 Å². The van der Waals surface area contributed by atoms with Crippen molar-refractivity contribution >= 4 is 40.9 Å². The van der Waals surface area contributed by atoms with E-state index in [0.29, 0.717) is 21.8 Å². The van der Waals surface area contributed by atoms with Crippen molar-refractivity contribution in [3.63, 3.8) is 0 Å². The number of fused-ring (bicyclic) bond motifs is 1. The third-order valence-corrected chi connectivity index (χ3v) is 4.36. The second-order valence-corrected chi connectivity index (χ2v) is 6.55. The molecular formula is C18H17Cl2N2O+. The molecular weight excluding hydrogens is 331 g/mol. The summed E-state index contributed by atoms with van der Waals surface area (Å²) in [7, 11) is 0. The first kappa shape index (κ1) is 16.1. The number of anilines is 1. The van der Waals surface area contributed by atoms with Crippen molar-refractivity contribution < 1.29 is 10.5 Å². The third-order valence-electron chi connectivity index (χ3n) is 3.93. The number of halogens is 2. The van der Waals surface area contributed by atoms with Crippen LogP contribution in [0.2, 0.25) is 10.0 Å². The number of nitrogens with one attached hydrogen (secondary N) is 1. The fraction of sp³-hybridized carbons (Fsp3) is 0.167.